The summed E-state index contributed by atoms with van der Waals surface area (Å²) in [5, 5.41) is 29.6. The molecule has 0 unspecified atom stereocenters. The highest BCUT2D eigenvalue weighted by Crippen LogP contribution is 1.97. The maximum Gasteiger partial charge on any atom is 0.305 e. The van der Waals surface area contributed by atoms with Crippen molar-refractivity contribution in [2.24, 2.45) is 11.0 Å². The Morgan fingerprint density at radius 2 is 2.07 bits per heavy atom. The van der Waals surface area contributed by atoms with Crippen molar-refractivity contribution < 1.29 is 25.3 Å². The van der Waals surface area contributed by atoms with Gasteiger partial charge < -0.3 is 16.0 Å². The van der Waals surface area contributed by atoms with Crippen molar-refractivity contribution in [3.8, 4) is 0 Å². The van der Waals surface area contributed by atoms with E-state index in [2.05, 4.69) is 5.28 Å². The minimum absolute atomic E-state index is 0.0699. The van der Waals surface area contributed by atoms with E-state index in [0.717, 1.165) is 6.42 Å². The van der Waals surface area contributed by atoms with E-state index in [1.807, 2.05) is 0 Å². The molecule has 0 amide bonds. The third kappa shape index (κ3) is 6.49. The Balaban J connectivity index is 4.01. The van der Waals surface area contributed by atoms with Crippen molar-refractivity contribution in [2.45, 2.75) is 19.3 Å². The lowest BCUT2D eigenvalue weighted by atomic mass is 10.3. The molecule has 8 heteroatoms. The first-order valence-electron chi connectivity index (χ1n) is 4.62. The van der Waals surface area contributed by atoms with Crippen LogP contribution >= 0.6 is 0 Å². The molecule has 0 fully saturated rings. The second kappa shape index (κ2) is 7.80. The number of hydrazine groups is 1. The van der Waals surface area contributed by atoms with Gasteiger partial charge in [0.2, 0.25) is 0 Å². The highest BCUT2D eigenvalue weighted by atomic mass is 16.6. The summed E-state index contributed by atoms with van der Waals surface area (Å²) in [4.78, 5) is 10.5. The number of unbranched alkanes of at least 4 members (excludes halogenated alkanes) is 1. The van der Waals surface area contributed by atoms with E-state index in [0.29, 0.717) is 19.5 Å². The zero-order valence-electron chi connectivity index (χ0n) is 8.41. The molecule has 0 aromatic carbocycles. The van der Waals surface area contributed by atoms with Crippen LogP contribution in [0, 0.1) is 0 Å². The topological polar surface area (TPSA) is 122 Å². The predicted octanol–water partition coefficient (Wildman–Crippen LogP) is -0.340. The van der Waals surface area contributed by atoms with Crippen molar-refractivity contribution in [1.29, 1.82) is 0 Å². The van der Waals surface area contributed by atoms with Crippen LogP contribution in [0.1, 0.15) is 19.3 Å². The van der Waals surface area contributed by atoms with Crippen molar-refractivity contribution in [1.82, 2.24) is 5.01 Å². The summed E-state index contributed by atoms with van der Waals surface area (Å²) < 4.78 is 0. The smallest absolute Gasteiger partial charge is 0.305 e. The summed E-state index contributed by atoms with van der Waals surface area (Å²) in [5.41, 5.74) is 5.28. The summed E-state index contributed by atoms with van der Waals surface area (Å²) in [7, 11) is 0. The Bertz CT molecular complexity index is 221. The molecule has 0 aliphatic rings. The van der Waals surface area contributed by atoms with E-state index in [-0.39, 0.29) is 17.9 Å². The minimum atomic E-state index is -0.981. The molecule has 88 valence electrons. The van der Waals surface area contributed by atoms with Gasteiger partial charge in [0.25, 0.3) is 10.2 Å². The number of hydrogen-bond donors (Lipinski definition) is 4. The van der Waals surface area contributed by atoms with Crippen molar-refractivity contribution in [3.05, 3.63) is 0 Å². The zero-order valence-corrected chi connectivity index (χ0v) is 8.41. The molecule has 0 bridgehead atoms. The Kier molecular flexibility index (Phi) is 6.98. The van der Waals surface area contributed by atoms with E-state index in [4.69, 9.17) is 21.3 Å². The first-order chi connectivity index (χ1) is 7.11. The first kappa shape index (κ1) is 13.4. The Hall–Kier alpha value is -1.57. The number of nitrogens with two attached hydrogens (primary N) is 1. The van der Waals surface area contributed by atoms with Crippen LogP contribution in [0.5, 0.6) is 0 Å². The van der Waals surface area contributed by atoms with Gasteiger partial charge in [-0.1, -0.05) is 0 Å². The Labute approximate surface area is 87.1 Å². The average molecular weight is 221 g/mol. The normalized spacial score (nSPS) is 11.4. The highest BCUT2D eigenvalue weighted by Gasteiger charge is 2.18. The van der Waals surface area contributed by atoms with Gasteiger partial charge in [-0.25, -0.2) is 5.21 Å². The summed E-state index contributed by atoms with van der Waals surface area (Å²) >= 11 is 0. The molecule has 0 spiro atoms. The largest absolute Gasteiger partial charge is 0.481 e. The molecule has 5 N–H and O–H groups in total. The second-order valence-corrected chi connectivity index (χ2v) is 2.95. The first-order valence-corrected chi connectivity index (χ1v) is 4.62. The second-order valence-electron chi connectivity index (χ2n) is 2.95. The molecular weight excluding hydrogens is 204 g/mol. The predicted molar refractivity (Wildman–Crippen MR) is 48.4 cm³/mol. The van der Waals surface area contributed by atoms with Gasteiger partial charge in [-0.05, 0) is 19.4 Å². The summed E-state index contributed by atoms with van der Waals surface area (Å²) in [6, 6.07) is 0. The van der Waals surface area contributed by atoms with Crippen LogP contribution < -0.4 is 5.73 Å². The van der Waals surface area contributed by atoms with E-state index in [1.165, 1.54) is 5.01 Å². The fraction of sp³-hybridized carbons (Fsp3) is 0.857. The molecular formula is C7H17N4O4+. The quantitative estimate of drug-likeness (QED) is 0.192. The zero-order chi connectivity index (χ0) is 11.7. The van der Waals surface area contributed by atoms with Crippen LogP contribution in [0.3, 0.4) is 0 Å². The van der Waals surface area contributed by atoms with Crippen LogP contribution in [-0.4, -0.2) is 51.1 Å². The van der Waals surface area contributed by atoms with Gasteiger partial charge in [-0.2, -0.15) is 0 Å². The fourth-order valence-electron chi connectivity index (χ4n) is 1.01. The molecule has 0 aromatic rings. The maximum absolute atomic E-state index is 10.3. The molecule has 0 rings (SSSR count). The molecule has 0 aliphatic heterocycles. The standard InChI is InChI=1S/C7H16N4O4/c8-4-1-2-5-10(11(15)9-14)6-3-7(12)13/h15H,1-6,8H2,(H,12,13)/p+1. The highest BCUT2D eigenvalue weighted by molar-refractivity contribution is 5.66. The molecule has 0 radical (unpaired) electrons. The summed E-state index contributed by atoms with van der Waals surface area (Å²) in [6.45, 7) is 0.972. The van der Waals surface area contributed by atoms with Gasteiger partial charge in [0.1, 0.15) is 0 Å². The molecule has 0 saturated carbocycles. The van der Waals surface area contributed by atoms with Gasteiger partial charge in [0.05, 0.1) is 19.5 Å². The van der Waals surface area contributed by atoms with Gasteiger partial charge in [-0.3, -0.25) is 4.79 Å². The third-order valence-corrected chi connectivity index (χ3v) is 1.79. The maximum atomic E-state index is 10.3. The Morgan fingerprint density at radius 3 is 2.53 bits per heavy atom. The van der Waals surface area contributed by atoms with E-state index in [9.17, 15) is 4.79 Å². The van der Waals surface area contributed by atoms with E-state index in [1.54, 1.807) is 0 Å². The lowest BCUT2D eigenvalue weighted by Crippen LogP contribution is -2.35. The number of nitrogens with zero attached hydrogens (tertiary/aromatic N) is 3. The van der Waals surface area contributed by atoms with Crippen LogP contribution in [0.15, 0.2) is 5.28 Å². The molecule has 0 atom stereocenters. The Morgan fingerprint density at radius 1 is 1.40 bits per heavy atom. The van der Waals surface area contributed by atoms with Gasteiger partial charge in [0.15, 0.2) is 0 Å². The lowest BCUT2D eigenvalue weighted by Gasteiger charge is -2.10. The van der Waals surface area contributed by atoms with E-state index < -0.39 is 5.97 Å². The molecule has 0 saturated heterocycles. The average Bonchev–Trinajstić information content (AvgIpc) is 2.21. The summed E-state index contributed by atoms with van der Waals surface area (Å²) in [5.74, 6) is -0.981. The molecule has 15 heavy (non-hydrogen) atoms. The number of hydrogen-bond acceptors (Lipinski definition) is 3. The van der Waals surface area contributed by atoms with Gasteiger partial charge in [0, 0.05) is 0 Å². The summed E-state index contributed by atoms with van der Waals surface area (Å²) in [6.07, 6.45) is 1.29. The number of carbonyl (C=O) groups is 1. The molecule has 8 nitrogen and oxygen atoms in total. The van der Waals surface area contributed by atoms with Crippen LogP contribution in [0.4, 0.5) is 0 Å². The number of rotatable bonds is 8. The molecule has 0 aromatic heterocycles. The lowest BCUT2D eigenvalue weighted by molar-refractivity contribution is -0.941. The van der Waals surface area contributed by atoms with Crippen molar-refractivity contribution >= 4 is 5.97 Å². The molecule has 0 heterocycles. The number of carboxylic acid groups (broad SMARTS) is 1. The number of carboxylic acids is 1. The number of aliphatic carboxylic acids is 1. The SMILES string of the molecule is NCCCCN(CCC(=O)O)/[N+](O)=N/O. The fourth-order valence-corrected chi connectivity index (χ4v) is 1.01. The van der Waals surface area contributed by atoms with Crippen LogP contribution in [0.2, 0.25) is 0 Å². The monoisotopic (exact) mass is 221 g/mol. The van der Waals surface area contributed by atoms with Gasteiger partial charge in [-0.15, -0.1) is 5.01 Å². The third-order valence-electron chi connectivity index (χ3n) is 1.79. The van der Waals surface area contributed by atoms with Crippen LogP contribution in [0.25, 0.3) is 0 Å². The van der Waals surface area contributed by atoms with Crippen molar-refractivity contribution in [2.75, 3.05) is 19.6 Å². The van der Waals surface area contributed by atoms with Gasteiger partial charge >= 0.3 is 5.97 Å². The minimum Gasteiger partial charge on any atom is -0.481 e. The molecule has 0 aliphatic carbocycles. The van der Waals surface area contributed by atoms with Crippen molar-refractivity contribution in [3.63, 3.8) is 0 Å². The van der Waals surface area contributed by atoms with Crippen LogP contribution in [-0.2, 0) is 4.79 Å². The van der Waals surface area contributed by atoms with E-state index >= 15 is 0 Å².